The number of aromatic nitrogens is 2. The number of aryl methyl sites for hydroxylation is 1. The van der Waals surface area contributed by atoms with Crippen molar-refractivity contribution < 1.29 is 0 Å². The van der Waals surface area contributed by atoms with E-state index in [2.05, 4.69) is 51.1 Å². The molecule has 0 radical (unpaired) electrons. The lowest BCUT2D eigenvalue weighted by molar-refractivity contribution is 0.354. The highest BCUT2D eigenvalue weighted by Gasteiger charge is 2.29. The fraction of sp³-hybridized carbons (Fsp3) is 0.750. The van der Waals surface area contributed by atoms with Crippen molar-refractivity contribution in [3.8, 4) is 0 Å². The van der Waals surface area contributed by atoms with Gasteiger partial charge in [-0.05, 0) is 27.7 Å². The summed E-state index contributed by atoms with van der Waals surface area (Å²) in [4.78, 5) is 4.58. The topological polar surface area (TPSA) is 17.8 Å². The highest BCUT2D eigenvalue weighted by Crippen LogP contribution is 2.32. The van der Waals surface area contributed by atoms with E-state index in [1.807, 2.05) is 6.92 Å². The summed E-state index contributed by atoms with van der Waals surface area (Å²) in [6.07, 6.45) is 0. The van der Waals surface area contributed by atoms with E-state index in [-0.39, 0.29) is 11.0 Å². The molecule has 86 valence electrons. The minimum Gasteiger partial charge on any atom is -0.313 e. The third-order valence-electron chi connectivity index (χ3n) is 2.32. The van der Waals surface area contributed by atoms with Crippen LogP contribution in [0.25, 0.3) is 0 Å². The van der Waals surface area contributed by atoms with Crippen molar-refractivity contribution in [3.63, 3.8) is 0 Å². The first-order chi connectivity index (χ1) is 6.55. The fourth-order valence-electron chi connectivity index (χ4n) is 1.63. The lowest BCUT2D eigenvalue weighted by Gasteiger charge is -2.29. The molecule has 0 bridgehead atoms. The van der Waals surface area contributed by atoms with Crippen LogP contribution in [0.15, 0.2) is 0 Å². The van der Waals surface area contributed by atoms with Gasteiger partial charge in [0.2, 0.25) is 0 Å². The van der Waals surface area contributed by atoms with Gasteiger partial charge in [0.05, 0.1) is 5.69 Å². The van der Waals surface area contributed by atoms with E-state index >= 15 is 0 Å². The zero-order valence-electron chi connectivity index (χ0n) is 10.8. The molecule has 0 aliphatic heterocycles. The molecule has 3 heteroatoms. The van der Waals surface area contributed by atoms with E-state index in [4.69, 9.17) is 11.6 Å². The van der Waals surface area contributed by atoms with Crippen LogP contribution in [0.3, 0.4) is 0 Å². The van der Waals surface area contributed by atoms with Crippen LogP contribution in [-0.4, -0.2) is 9.55 Å². The highest BCUT2D eigenvalue weighted by atomic mass is 35.5. The van der Waals surface area contributed by atoms with Crippen molar-refractivity contribution in [1.29, 1.82) is 0 Å². The Morgan fingerprint density at radius 2 is 1.53 bits per heavy atom. The summed E-state index contributed by atoms with van der Waals surface area (Å²) < 4.78 is 2.13. The molecule has 1 aromatic rings. The van der Waals surface area contributed by atoms with Gasteiger partial charge in [-0.25, -0.2) is 4.98 Å². The van der Waals surface area contributed by atoms with Crippen molar-refractivity contribution in [3.05, 3.63) is 16.7 Å². The molecule has 0 N–H and O–H groups in total. The molecule has 0 spiro atoms. The predicted molar refractivity (Wildman–Crippen MR) is 65.7 cm³/mol. The largest absolute Gasteiger partial charge is 0.313 e. The smallest absolute Gasteiger partial charge is 0.132 e. The van der Waals surface area contributed by atoms with Gasteiger partial charge in [0.1, 0.15) is 11.0 Å². The van der Waals surface area contributed by atoms with Crippen molar-refractivity contribution in [1.82, 2.24) is 9.55 Å². The van der Waals surface area contributed by atoms with Crippen LogP contribution in [0.1, 0.15) is 53.1 Å². The van der Waals surface area contributed by atoms with Crippen LogP contribution in [0.5, 0.6) is 0 Å². The SMILES string of the molecule is Cc1nc(C(C)(C)C)n(C(C)(C)C)c1Cl. The first-order valence-corrected chi connectivity index (χ1v) is 5.68. The third-order valence-corrected chi connectivity index (χ3v) is 2.76. The van der Waals surface area contributed by atoms with Crippen LogP contribution in [0.2, 0.25) is 5.15 Å². The van der Waals surface area contributed by atoms with Gasteiger partial charge in [-0.2, -0.15) is 0 Å². The standard InChI is InChI=1S/C12H21ClN2/c1-8-9(13)15(12(5,6)7)10(14-8)11(2,3)4/h1-7H3. The quantitative estimate of drug-likeness (QED) is 0.659. The second kappa shape index (κ2) is 3.51. The summed E-state index contributed by atoms with van der Waals surface area (Å²) in [5.74, 6) is 1.05. The van der Waals surface area contributed by atoms with E-state index < -0.39 is 0 Å². The van der Waals surface area contributed by atoms with Crippen LogP contribution >= 0.6 is 11.6 Å². The lowest BCUT2D eigenvalue weighted by atomic mass is 9.94. The number of nitrogens with zero attached hydrogens (tertiary/aromatic N) is 2. The molecule has 0 aliphatic carbocycles. The van der Waals surface area contributed by atoms with E-state index in [0.29, 0.717) is 0 Å². The second-order valence-corrected chi connectivity index (χ2v) is 6.43. The zero-order chi connectivity index (χ0) is 12.0. The van der Waals surface area contributed by atoms with Crippen molar-refractivity contribution in [2.75, 3.05) is 0 Å². The molecule has 0 saturated heterocycles. The maximum Gasteiger partial charge on any atom is 0.132 e. The maximum absolute atomic E-state index is 6.31. The first kappa shape index (κ1) is 12.6. The number of hydrogen-bond acceptors (Lipinski definition) is 1. The number of imidazole rings is 1. The van der Waals surface area contributed by atoms with Crippen molar-refractivity contribution in [2.24, 2.45) is 0 Å². The van der Waals surface area contributed by atoms with E-state index in [0.717, 1.165) is 16.7 Å². The fourth-order valence-corrected chi connectivity index (χ4v) is 2.00. The van der Waals surface area contributed by atoms with Gasteiger partial charge < -0.3 is 4.57 Å². The number of rotatable bonds is 0. The highest BCUT2D eigenvalue weighted by molar-refractivity contribution is 6.30. The molecule has 0 fully saturated rings. The van der Waals surface area contributed by atoms with Gasteiger partial charge in [-0.3, -0.25) is 0 Å². The van der Waals surface area contributed by atoms with E-state index in [9.17, 15) is 0 Å². The summed E-state index contributed by atoms with van der Waals surface area (Å²) in [6, 6.07) is 0. The van der Waals surface area contributed by atoms with Gasteiger partial charge in [-0.15, -0.1) is 0 Å². The monoisotopic (exact) mass is 228 g/mol. The molecule has 15 heavy (non-hydrogen) atoms. The maximum atomic E-state index is 6.31. The van der Waals surface area contributed by atoms with Gasteiger partial charge in [0, 0.05) is 11.0 Å². The number of hydrogen-bond donors (Lipinski definition) is 0. The molecule has 0 aromatic carbocycles. The molecule has 1 heterocycles. The molecular formula is C12H21ClN2. The molecule has 0 aliphatic rings. The third kappa shape index (κ3) is 2.36. The average molecular weight is 229 g/mol. The van der Waals surface area contributed by atoms with Crippen molar-refractivity contribution >= 4 is 11.6 Å². The molecule has 0 saturated carbocycles. The molecule has 0 unspecified atom stereocenters. The Balaban J connectivity index is 3.48. The Labute approximate surface area is 97.7 Å². The minimum atomic E-state index is -0.0268. The minimum absolute atomic E-state index is 0.0190. The van der Waals surface area contributed by atoms with Gasteiger partial charge in [-0.1, -0.05) is 32.4 Å². The first-order valence-electron chi connectivity index (χ1n) is 5.31. The van der Waals surface area contributed by atoms with E-state index in [1.165, 1.54) is 0 Å². The molecule has 1 aromatic heterocycles. The Morgan fingerprint density at radius 1 is 1.07 bits per heavy atom. The molecular weight excluding hydrogens is 208 g/mol. The summed E-state index contributed by atoms with van der Waals surface area (Å²) in [5.41, 5.74) is 0.906. The molecule has 1 rings (SSSR count). The number of halogens is 1. The summed E-state index contributed by atoms with van der Waals surface area (Å²) in [7, 11) is 0. The summed E-state index contributed by atoms with van der Waals surface area (Å²) in [5, 5.41) is 0.757. The Kier molecular flexibility index (Phi) is 2.94. The van der Waals surface area contributed by atoms with Crippen LogP contribution < -0.4 is 0 Å². The second-order valence-electron chi connectivity index (χ2n) is 6.07. The Bertz CT molecular complexity index is 364. The zero-order valence-corrected chi connectivity index (χ0v) is 11.5. The Hall–Kier alpha value is -0.500. The van der Waals surface area contributed by atoms with Crippen LogP contribution in [0, 0.1) is 6.92 Å². The van der Waals surface area contributed by atoms with Crippen LogP contribution in [-0.2, 0) is 11.0 Å². The molecule has 0 amide bonds. The summed E-state index contributed by atoms with van der Waals surface area (Å²) in [6.45, 7) is 14.9. The Morgan fingerprint density at radius 3 is 1.80 bits per heavy atom. The lowest BCUT2D eigenvalue weighted by Crippen LogP contribution is -2.29. The molecule has 0 atom stereocenters. The molecule has 2 nitrogen and oxygen atoms in total. The summed E-state index contributed by atoms with van der Waals surface area (Å²) >= 11 is 6.31. The van der Waals surface area contributed by atoms with Gasteiger partial charge >= 0.3 is 0 Å². The predicted octanol–water partition coefficient (Wildman–Crippen LogP) is 3.90. The average Bonchev–Trinajstić information content (AvgIpc) is 2.25. The van der Waals surface area contributed by atoms with E-state index in [1.54, 1.807) is 0 Å². The van der Waals surface area contributed by atoms with Crippen LogP contribution in [0.4, 0.5) is 0 Å². The van der Waals surface area contributed by atoms with Gasteiger partial charge in [0.15, 0.2) is 0 Å². The van der Waals surface area contributed by atoms with Crippen molar-refractivity contribution in [2.45, 2.75) is 59.4 Å². The normalized spacial score (nSPS) is 13.3. The van der Waals surface area contributed by atoms with Gasteiger partial charge in [0.25, 0.3) is 0 Å².